The summed E-state index contributed by atoms with van der Waals surface area (Å²) in [6.07, 6.45) is 7.05. The second kappa shape index (κ2) is 6.04. The first-order chi connectivity index (χ1) is 11.6. The number of carbonyl (C=O) groups excluding carboxylic acids is 3. The summed E-state index contributed by atoms with van der Waals surface area (Å²) in [6.45, 7) is 0.473. The number of imide groups is 1. The number of benzene rings is 1. The highest BCUT2D eigenvalue weighted by atomic mass is 16.2. The van der Waals surface area contributed by atoms with Gasteiger partial charge in [-0.3, -0.25) is 19.7 Å². The van der Waals surface area contributed by atoms with Gasteiger partial charge < -0.3 is 4.90 Å². The third-order valence-corrected chi connectivity index (χ3v) is 5.62. The van der Waals surface area contributed by atoms with Gasteiger partial charge in [0.1, 0.15) is 6.04 Å². The fourth-order valence-electron chi connectivity index (χ4n) is 4.28. The van der Waals surface area contributed by atoms with Gasteiger partial charge in [-0.2, -0.15) is 0 Å². The van der Waals surface area contributed by atoms with E-state index in [9.17, 15) is 14.4 Å². The van der Waals surface area contributed by atoms with Gasteiger partial charge >= 0.3 is 0 Å². The predicted octanol–water partition coefficient (Wildman–Crippen LogP) is 2.50. The van der Waals surface area contributed by atoms with E-state index in [0.717, 1.165) is 5.56 Å². The molecule has 4 rings (SSSR count). The van der Waals surface area contributed by atoms with Crippen LogP contribution in [0.2, 0.25) is 0 Å². The Morgan fingerprint density at radius 1 is 1.00 bits per heavy atom. The normalized spacial score (nSPS) is 24.9. The van der Waals surface area contributed by atoms with E-state index >= 15 is 0 Å². The van der Waals surface area contributed by atoms with Crippen LogP contribution in [0.4, 0.5) is 0 Å². The first-order valence-corrected chi connectivity index (χ1v) is 8.91. The smallest absolute Gasteiger partial charge is 0.255 e. The molecule has 1 aromatic rings. The Labute approximate surface area is 141 Å². The van der Waals surface area contributed by atoms with E-state index in [2.05, 4.69) is 17.4 Å². The van der Waals surface area contributed by atoms with Crippen molar-refractivity contribution in [3.05, 3.63) is 34.9 Å². The number of carbonyl (C=O) groups is 3. The van der Waals surface area contributed by atoms with Gasteiger partial charge in [0.2, 0.25) is 11.8 Å². The Hall–Kier alpha value is -2.17. The quantitative estimate of drug-likeness (QED) is 0.849. The fraction of sp³-hybridized carbons (Fsp3) is 0.526. The second-order valence-electron chi connectivity index (χ2n) is 7.15. The van der Waals surface area contributed by atoms with Crippen LogP contribution in [0.5, 0.6) is 0 Å². The minimum atomic E-state index is -0.527. The van der Waals surface area contributed by atoms with Crippen molar-refractivity contribution in [3.8, 4) is 0 Å². The molecule has 1 atom stereocenters. The lowest BCUT2D eigenvalue weighted by Crippen LogP contribution is -2.52. The van der Waals surface area contributed by atoms with Crippen LogP contribution in [0.15, 0.2) is 18.2 Å². The molecule has 1 saturated heterocycles. The van der Waals surface area contributed by atoms with Crippen molar-refractivity contribution in [2.75, 3.05) is 0 Å². The molecule has 1 saturated carbocycles. The van der Waals surface area contributed by atoms with Crippen molar-refractivity contribution in [2.24, 2.45) is 0 Å². The van der Waals surface area contributed by atoms with Crippen molar-refractivity contribution >= 4 is 17.7 Å². The molecule has 5 nitrogen and oxygen atoms in total. The average molecular weight is 326 g/mol. The van der Waals surface area contributed by atoms with E-state index in [0.29, 0.717) is 30.9 Å². The largest absolute Gasteiger partial charge is 0.322 e. The Morgan fingerprint density at radius 3 is 2.54 bits per heavy atom. The zero-order valence-electron chi connectivity index (χ0n) is 13.7. The molecule has 3 amide bonds. The summed E-state index contributed by atoms with van der Waals surface area (Å²) in [6, 6.07) is 5.64. The number of amides is 3. The first kappa shape index (κ1) is 15.4. The summed E-state index contributed by atoms with van der Waals surface area (Å²) in [5, 5.41) is 2.34. The van der Waals surface area contributed by atoms with Gasteiger partial charge in [-0.1, -0.05) is 31.4 Å². The van der Waals surface area contributed by atoms with Crippen LogP contribution in [0.25, 0.3) is 0 Å². The zero-order chi connectivity index (χ0) is 16.7. The number of piperidine rings is 1. The lowest BCUT2D eigenvalue weighted by molar-refractivity contribution is -0.136. The third-order valence-electron chi connectivity index (χ3n) is 5.62. The molecule has 2 fully saturated rings. The van der Waals surface area contributed by atoms with Crippen molar-refractivity contribution in [1.29, 1.82) is 0 Å². The number of hydrogen-bond donors (Lipinski definition) is 1. The summed E-state index contributed by atoms with van der Waals surface area (Å²) in [5.41, 5.74) is 3.05. The molecule has 0 bridgehead atoms. The summed E-state index contributed by atoms with van der Waals surface area (Å²) in [5.74, 6) is -0.0848. The van der Waals surface area contributed by atoms with Crippen LogP contribution in [-0.4, -0.2) is 28.7 Å². The average Bonchev–Trinajstić information content (AvgIpc) is 2.92. The highest BCUT2D eigenvalue weighted by Gasteiger charge is 2.39. The molecule has 2 aliphatic heterocycles. The Balaban J connectivity index is 1.55. The van der Waals surface area contributed by atoms with Gasteiger partial charge in [0.05, 0.1) is 0 Å². The Morgan fingerprint density at radius 2 is 1.79 bits per heavy atom. The summed E-state index contributed by atoms with van der Waals surface area (Å²) in [7, 11) is 0. The number of fused-ring (bicyclic) bond motifs is 1. The molecule has 24 heavy (non-hydrogen) atoms. The molecule has 1 aliphatic carbocycles. The zero-order valence-corrected chi connectivity index (χ0v) is 13.7. The van der Waals surface area contributed by atoms with E-state index < -0.39 is 6.04 Å². The molecule has 3 aliphatic rings. The van der Waals surface area contributed by atoms with Crippen LogP contribution in [0.3, 0.4) is 0 Å². The number of rotatable bonds is 2. The number of nitrogens with one attached hydrogen (secondary N) is 1. The molecule has 1 N–H and O–H groups in total. The Kier molecular flexibility index (Phi) is 3.87. The van der Waals surface area contributed by atoms with Gasteiger partial charge in [0.25, 0.3) is 5.91 Å². The molecule has 2 heterocycles. The topological polar surface area (TPSA) is 66.5 Å². The van der Waals surface area contributed by atoms with Gasteiger partial charge in [-0.15, -0.1) is 0 Å². The molecule has 5 heteroatoms. The van der Waals surface area contributed by atoms with Crippen LogP contribution in [0.1, 0.15) is 72.3 Å². The molecule has 0 aromatic heterocycles. The van der Waals surface area contributed by atoms with Crippen LogP contribution >= 0.6 is 0 Å². The summed E-state index contributed by atoms with van der Waals surface area (Å²) < 4.78 is 0. The van der Waals surface area contributed by atoms with Crippen molar-refractivity contribution in [1.82, 2.24) is 10.2 Å². The SMILES string of the molecule is O=C1CCC(N2Cc3cc(C4CCCCC4)ccc3C2=O)C(=O)N1. The maximum Gasteiger partial charge on any atom is 0.255 e. The second-order valence-corrected chi connectivity index (χ2v) is 7.15. The molecular weight excluding hydrogens is 304 g/mol. The highest BCUT2D eigenvalue weighted by molar-refractivity contribution is 6.05. The molecule has 126 valence electrons. The van der Waals surface area contributed by atoms with Gasteiger partial charge in [-0.25, -0.2) is 0 Å². The van der Waals surface area contributed by atoms with Gasteiger partial charge in [0.15, 0.2) is 0 Å². The molecule has 0 spiro atoms. The molecular formula is C19H22N2O3. The predicted molar refractivity (Wildman–Crippen MR) is 88.3 cm³/mol. The maximum atomic E-state index is 12.7. The van der Waals surface area contributed by atoms with E-state index in [1.165, 1.54) is 37.7 Å². The molecule has 1 unspecified atom stereocenters. The van der Waals surface area contributed by atoms with Gasteiger partial charge in [-0.05, 0) is 42.4 Å². The summed E-state index contributed by atoms with van der Waals surface area (Å²) in [4.78, 5) is 37.7. The monoisotopic (exact) mass is 326 g/mol. The lowest BCUT2D eigenvalue weighted by atomic mass is 9.83. The Bertz CT molecular complexity index is 707. The van der Waals surface area contributed by atoms with E-state index in [1.807, 2.05) is 6.07 Å². The van der Waals surface area contributed by atoms with E-state index in [1.54, 1.807) is 4.90 Å². The first-order valence-electron chi connectivity index (χ1n) is 8.91. The number of nitrogens with zero attached hydrogens (tertiary/aromatic N) is 1. The molecule has 0 radical (unpaired) electrons. The lowest BCUT2D eigenvalue weighted by Gasteiger charge is -2.29. The van der Waals surface area contributed by atoms with Crippen molar-refractivity contribution in [3.63, 3.8) is 0 Å². The minimum Gasteiger partial charge on any atom is -0.322 e. The molecule has 1 aromatic carbocycles. The van der Waals surface area contributed by atoms with Crippen LogP contribution in [0, 0.1) is 0 Å². The fourth-order valence-corrected chi connectivity index (χ4v) is 4.28. The van der Waals surface area contributed by atoms with E-state index in [-0.39, 0.29) is 17.7 Å². The van der Waals surface area contributed by atoms with E-state index in [4.69, 9.17) is 0 Å². The van der Waals surface area contributed by atoms with Crippen LogP contribution < -0.4 is 5.32 Å². The number of hydrogen-bond acceptors (Lipinski definition) is 3. The third kappa shape index (κ3) is 2.62. The van der Waals surface area contributed by atoms with Gasteiger partial charge in [0, 0.05) is 18.5 Å². The highest BCUT2D eigenvalue weighted by Crippen LogP contribution is 2.35. The maximum absolute atomic E-state index is 12.7. The van der Waals surface area contributed by atoms with Crippen molar-refractivity contribution < 1.29 is 14.4 Å². The summed E-state index contributed by atoms with van der Waals surface area (Å²) >= 11 is 0. The van der Waals surface area contributed by atoms with Crippen LogP contribution in [-0.2, 0) is 16.1 Å². The minimum absolute atomic E-state index is 0.0882. The standard InChI is InChI=1S/C19H22N2O3/c22-17-9-8-16(18(23)20-17)21-11-14-10-13(6-7-15(14)19(21)24)12-4-2-1-3-5-12/h6-7,10,12,16H,1-5,8-9,11H2,(H,20,22,23). The van der Waals surface area contributed by atoms with Crippen molar-refractivity contribution in [2.45, 2.75) is 63.5 Å².